The predicted octanol–water partition coefficient (Wildman–Crippen LogP) is 4.49. The van der Waals surface area contributed by atoms with Crippen molar-refractivity contribution in [3.05, 3.63) is 30.1 Å². The van der Waals surface area contributed by atoms with Crippen molar-refractivity contribution in [1.82, 2.24) is 0 Å². The van der Waals surface area contributed by atoms with E-state index in [2.05, 4.69) is 30.9 Å². The van der Waals surface area contributed by atoms with Gasteiger partial charge in [-0.25, -0.2) is 4.39 Å². The van der Waals surface area contributed by atoms with E-state index in [1.165, 1.54) is 43.5 Å². The minimum atomic E-state index is -0.274. The summed E-state index contributed by atoms with van der Waals surface area (Å²) in [5, 5.41) is 0. The van der Waals surface area contributed by atoms with Crippen LogP contribution in [0.1, 0.15) is 33.1 Å². The Bertz CT molecular complexity index is 293. The van der Waals surface area contributed by atoms with E-state index in [0.717, 1.165) is 11.8 Å². The lowest BCUT2D eigenvalue weighted by molar-refractivity contribution is 0.235. The third kappa shape index (κ3) is 4.44. The first-order valence-corrected chi connectivity index (χ1v) is 6.07. The Morgan fingerprint density at radius 3 is 2.06 bits per heavy atom. The van der Waals surface area contributed by atoms with Gasteiger partial charge in [0.1, 0.15) is 11.6 Å². The molecule has 0 bridgehead atoms. The maximum atomic E-state index is 12.1. The number of rotatable bonds is 2. The molecular weight excluding hydrogens is 223 g/mol. The van der Waals surface area contributed by atoms with Crippen LogP contribution < -0.4 is 4.18 Å². The van der Waals surface area contributed by atoms with Crippen LogP contribution in [-0.4, -0.2) is 0 Å². The molecule has 90 valence electrons. The van der Waals surface area contributed by atoms with E-state index in [1.807, 2.05) is 0 Å². The normalized spacial score (nSPS) is 15.1. The summed E-state index contributed by atoms with van der Waals surface area (Å²) in [4.78, 5) is 0. The van der Waals surface area contributed by atoms with Crippen LogP contribution in [0.15, 0.2) is 24.3 Å². The van der Waals surface area contributed by atoms with Gasteiger partial charge < -0.3 is 4.18 Å². The highest BCUT2D eigenvalue weighted by Gasteiger charge is 2.19. The standard InChI is InChI=1S/C7H14.C6H5FOS/c1-6(2)7-4-3-5-7;7-5-1-3-6(8-9)4-2-5/h6-7H,3-5H2,1-2H3;1-4,9H. The van der Waals surface area contributed by atoms with Gasteiger partial charge in [0, 0.05) is 12.9 Å². The molecule has 0 amide bonds. The van der Waals surface area contributed by atoms with Gasteiger partial charge in [-0.2, -0.15) is 0 Å². The Morgan fingerprint density at radius 2 is 1.81 bits per heavy atom. The zero-order valence-electron chi connectivity index (χ0n) is 9.82. The first-order valence-electron chi connectivity index (χ1n) is 5.70. The molecule has 0 heterocycles. The van der Waals surface area contributed by atoms with Crippen LogP contribution in [0.25, 0.3) is 0 Å². The molecule has 16 heavy (non-hydrogen) atoms. The molecule has 3 heteroatoms. The molecule has 0 radical (unpaired) electrons. The second-order valence-corrected chi connectivity index (χ2v) is 4.66. The minimum absolute atomic E-state index is 0.274. The van der Waals surface area contributed by atoms with Gasteiger partial charge in [0.2, 0.25) is 0 Å². The van der Waals surface area contributed by atoms with Gasteiger partial charge in [-0.05, 0) is 36.1 Å². The van der Waals surface area contributed by atoms with Crippen molar-refractivity contribution in [2.24, 2.45) is 11.8 Å². The van der Waals surface area contributed by atoms with Crippen molar-refractivity contribution in [3.8, 4) is 5.75 Å². The molecule has 1 aliphatic rings. The van der Waals surface area contributed by atoms with Crippen LogP contribution >= 0.6 is 12.9 Å². The number of thiol groups is 1. The number of hydrogen-bond acceptors (Lipinski definition) is 2. The molecule has 0 unspecified atom stereocenters. The molecule has 1 fully saturated rings. The summed E-state index contributed by atoms with van der Waals surface area (Å²) in [6.07, 6.45) is 4.48. The fourth-order valence-corrected chi connectivity index (χ4v) is 1.72. The first-order chi connectivity index (χ1) is 7.63. The lowest BCUT2D eigenvalue weighted by Gasteiger charge is -2.28. The van der Waals surface area contributed by atoms with E-state index < -0.39 is 0 Å². The van der Waals surface area contributed by atoms with Gasteiger partial charge in [0.15, 0.2) is 0 Å². The molecule has 1 nitrogen and oxygen atoms in total. The monoisotopic (exact) mass is 242 g/mol. The molecule has 0 spiro atoms. The highest BCUT2D eigenvalue weighted by atomic mass is 32.1. The highest BCUT2D eigenvalue weighted by molar-refractivity contribution is 7.75. The SMILES string of the molecule is CC(C)C1CCC1.Fc1ccc(OS)cc1. The number of benzene rings is 1. The molecule has 1 aromatic carbocycles. The minimum Gasteiger partial charge on any atom is -0.429 e. The van der Waals surface area contributed by atoms with Crippen LogP contribution in [0.2, 0.25) is 0 Å². The van der Waals surface area contributed by atoms with E-state index in [-0.39, 0.29) is 5.82 Å². The quantitative estimate of drug-likeness (QED) is 0.593. The van der Waals surface area contributed by atoms with Crippen LogP contribution in [0, 0.1) is 17.7 Å². The first kappa shape index (κ1) is 13.4. The summed E-state index contributed by atoms with van der Waals surface area (Å²) in [7, 11) is 0. The summed E-state index contributed by atoms with van der Waals surface area (Å²) >= 11 is 3.52. The Hall–Kier alpha value is -0.700. The Balaban J connectivity index is 0.000000165. The number of halogens is 1. The smallest absolute Gasteiger partial charge is 0.137 e. The maximum absolute atomic E-state index is 12.1. The molecular formula is C13H19FOS. The van der Waals surface area contributed by atoms with Crippen molar-refractivity contribution >= 4 is 12.9 Å². The zero-order valence-corrected chi connectivity index (χ0v) is 10.7. The van der Waals surface area contributed by atoms with Gasteiger partial charge in [-0.1, -0.05) is 33.1 Å². The van der Waals surface area contributed by atoms with Gasteiger partial charge in [0.25, 0.3) is 0 Å². The highest BCUT2D eigenvalue weighted by Crippen LogP contribution is 2.32. The van der Waals surface area contributed by atoms with E-state index in [1.54, 1.807) is 0 Å². The number of hydrogen-bond donors (Lipinski definition) is 1. The van der Waals surface area contributed by atoms with Crippen LogP contribution in [0.3, 0.4) is 0 Å². The molecule has 0 N–H and O–H groups in total. The van der Waals surface area contributed by atoms with Gasteiger partial charge in [0.05, 0.1) is 0 Å². The molecule has 1 aromatic rings. The van der Waals surface area contributed by atoms with Crippen molar-refractivity contribution in [2.45, 2.75) is 33.1 Å². The summed E-state index contributed by atoms with van der Waals surface area (Å²) in [6, 6.07) is 5.63. The van der Waals surface area contributed by atoms with E-state index >= 15 is 0 Å². The van der Waals surface area contributed by atoms with Gasteiger partial charge >= 0.3 is 0 Å². The topological polar surface area (TPSA) is 9.23 Å². The van der Waals surface area contributed by atoms with E-state index in [9.17, 15) is 4.39 Å². The molecule has 1 saturated carbocycles. The van der Waals surface area contributed by atoms with E-state index in [0.29, 0.717) is 5.75 Å². The average Bonchev–Trinajstić information content (AvgIpc) is 2.16. The average molecular weight is 242 g/mol. The maximum Gasteiger partial charge on any atom is 0.137 e. The third-order valence-corrected chi connectivity index (χ3v) is 3.22. The lowest BCUT2D eigenvalue weighted by Crippen LogP contribution is -2.16. The van der Waals surface area contributed by atoms with Crippen LogP contribution in [-0.2, 0) is 0 Å². The fraction of sp³-hybridized carbons (Fsp3) is 0.538. The van der Waals surface area contributed by atoms with Crippen molar-refractivity contribution in [1.29, 1.82) is 0 Å². The molecule has 0 aliphatic heterocycles. The van der Waals surface area contributed by atoms with Crippen LogP contribution in [0.4, 0.5) is 4.39 Å². The molecule has 2 rings (SSSR count). The lowest BCUT2D eigenvalue weighted by atomic mass is 9.78. The van der Waals surface area contributed by atoms with Crippen molar-refractivity contribution < 1.29 is 8.57 Å². The summed E-state index contributed by atoms with van der Waals surface area (Å²) < 4.78 is 16.6. The van der Waals surface area contributed by atoms with Crippen molar-refractivity contribution in [3.63, 3.8) is 0 Å². The molecule has 1 aliphatic carbocycles. The van der Waals surface area contributed by atoms with Gasteiger partial charge in [-0.15, -0.1) is 0 Å². The Labute approximate surface area is 103 Å². The summed E-state index contributed by atoms with van der Waals surface area (Å²) in [5.74, 6) is 2.30. The summed E-state index contributed by atoms with van der Waals surface area (Å²) in [5.41, 5.74) is 0. The zero-order chi connectivity index (χ0) is 12.0. The fourth-order valence-electron chi connectivity index (χ4n) is 1.60. The molecule has 0 aromatic heterocycles. The van der Waals surface area contributed by atoms with Gasteiger partial charge in [-0.3, -0.25) is 0 Å². The second kappa shape index (κ2) is 6.79. The van der Waals surface area contributed by atoms with E-state index in [4.69, 9.17) is 0 Å². The largest absolute Gasteiger partial charge is 0.429 e. The van der Waals surface area contributed by atoms with Crippen LogP contribution in [0.5, 0.6) is 5.75 Å². The second-order valence-electron chi connectivity index (χ2n) is 4.48. The predicted molar refractivity (Wildman–Crippen MR) is 68.2 cm³/mol. The Morgan fingerprint density at radius 1 is 1.25 bits per heavy atom. The third-order valence-electron chi connectivity index (χ3n) is 3.01. The molecule has 0 atom stereocenters. The Kier molecular flexibility index (Phi) is 5.67. The van der Waals surface area contributed by atoms with Crippen molar-refractivity contribution in [2.75, 3.05) is 0 Å². The summed E-state index contributed by atoms with van der Waals surface area (Å²) in [6.45, 7) is 4.65. The molecule has 0 saturated heterocycles.